The maximum Gasteiger partial charge on any atom is 0.219 e. The number of carbonyl (C=O) groups excluding carboxylic acids is 1. The molecule has 0 bridgehead atoms. The van der Waals surface area contributed by atoms with Crippen molar-refractivity contribution in [1.29, 1.82) is 0 Å². The van der Waals surface area contributed by atoms with Crippen molar-refractivity contribution in [1.82, 2.24) is 14.7 Å². The number of amides is 1. The molecule has 0 aromatic carbocycles. The highest BCUT2D eigenvalue weighted by Gasteiger charge is 2.45. The van der Waals surface area contributed by atoms with E-state index in [4.69, 9.17) is 0 Å². The van der Waals surface area contributed by atoms with Gasteiger partial charge in [-0.15, -0.1) is 0 Å². The van der Waals surface area contributed by atoms with Crippen molar-refractivity contribution in [2.75, 3.05) is 32.7 Å². The number of nitrogens with zero attached hydrogens (tertiary/aromatic N) is 3. The molecule has 0 spiro atoms. The molecule has 1 amide bonds. The molecule has 4 heterocycles. The molecule has 0 aliphatic carbocycles. The van der Waals surface area contributed by atoms with Gasteiger partial charge in [-0.1, -0.05) is 0 Å². The molecule has 1 aromatic rings. The highest BCUT2D eigenvalue weighted by Crippen LogP contribution is 2.37. The summed E-state index contributed by atoms with van der Waals surface area (Å²) >= 11 is 1.78. The first-order chi connectivity index (χ1) is 11.7. The van der Waals surface area contributed by atoms with Gasteiger partial charge in [0.1, 0.15) is 0 Å². The van der Waals surface area contributed by atoms with E-state index in [2.05, 4.69) is 31.5 Å². The fraction of sp³-hybridized carbons (Fsp3) is 0.737. The average molecular weight is 348 g/mol. The highest BCUT2D eigenvalue weighted by atomic mass is 32.1. The standard InChI is InChI=1S/C19H29N3OS/c1-15(23)22-18(13-20-6-2-3-7-20)10-17-12-21(8-4-19(17)22)11-16-5-9-24-14-16/h5,9,14,17-19H,2-4,6-8,10-13H2,1H3/t17-,18?,19+/m1/s1. The molecule has 3 aliphatic rings. The number of hydrogen-bond donors (Lipinski definition) is 0. The average Bonchev–Trinajstić information content (AvgIpc) is 3.27. The van der Waals surface area contributed by atoms with Crippen LogP contribution in [-0.2, 0) is 11.3 Å². The lowest BCUT2D eigenvalue weighted by molar-refractivity contribution is -0.133. The van der Waals surface area contributed by atoms with Crippen LogP contribution in [0.15, 0.2) is 16.8 Å². The summed E-state index contributed by atoms with van der Waals surface area (Å²) in [6.07, 6.45) is 4.99. The Bertz CT molecular complexity index is 555. The van der Waals surface area contributed by atoms with E-state index in [0.29, 0.717) is 18.0 Å². The minimum atomic E-state index is 0.290. The third-order valence-corrected chi connectivity index (χ3v) is 6.85. The third kappa shape index (κ3) is 3.39. The Labute approximate surface area is 149 Å². The summed E-state index contributed by atoms with van der Waals surface area (Å²) in [6.45, 7) is 8.67. The molecule has 0 saturated carbocycles. The second-order valence-electron chi connectivity index (χ2n) is 7.81. The summed E-state index contributed by atoms with van der Waals surface area (Å²) in [4.78, 5) is 19.7. The van der Waals surface area contributed by atoms with Crippen LogP contribution in [0.25, 0.3) is 0 Å². The van der Waals surface area contributed by atoms with Gasteiger partial charge in [-0.05, 0) is 67.1 Å². The van der Waals surface area contributed by atoms with E-state index in [9.17, 15) is 4.79 Å². The van der Waals surface area contributed by atoms with Gasteiger partial charge < -0.3 is 9.80 Å². The van der Waals surface area contributed by atoms with E-state index < -0.39 is 0 Å². The van der Waals surface area contributed by atoms with Crippen molar-refractivity contribution in [2.45, 2.75) is 51.2 Å². The Morgan fingerprint density at radius 3 is 2.79 bits per heavy atom. The SMILES string of the molecule is CC(=O)N1C(CN2CCCC2)C[C@@H]2CN(Cc3ccsc3)CC[C@@H]21. The fourth-order valence-electron chi connectivity index (χ4n) is 5.13. The van der Waals surface area contributed by atoms with Crippen molar-refractivity contribution in [2.24, 2.45) is 5.92 Å². The monoisotopic (exact) mass is 347 g/mol. The topological polar surface area (TPSA) is 26.8 Å². The highest BCUT2D eigenvalue weighted by molar-refractivity contribution is 7.07. The number of likely N-dealkylation sites (tertiary alicyclic amines) is 3. The molecule has 3 fully saturated rings. The molecular formula is C19H29N3OS. The first-order valence-corrected chi connectivity index (χ1v) is 10.4. The maximum absolute atomic E-state index is 12.3. The second-order valence-corrected chi connectivity index (χ2v) is 8.59. The van der Waals surface area contributed by atoms with E-state index in [1.165, 1.54) is 37.9 Å². The quantitative estimate of drug-likeness (QED) is 0.838. The molecule has 4 rings (SSSR count). The van der Waals surface area contributed by atoms with Gasteiger partial charge in [0.2, 0.25) is 5.91 Å². The lowest BCUT2D eigenvalue weighted by atomic mass is 9.92. The Balaban J connectivity index is 1.41. The van der Waals surface area contributed by atoms with Gasteiger partial charge in [0.25, 0.3) is 0 Å². The first kappa shape index (κ1) is 16.6. The molecule has 132 valence electrons. The van der Waals surface area contributed by atoms with Crippen LogP contribution >= 0.6 is 11.3 Å². The number of rotatable bonds is 4. The van der Waals surface area contributed by atoms with E-state index in [0.717, 1.165) is 32.6 Å². The molecule has 5 heteroatoms. The van der Waals surface area contributed by atoms with Crippen LogP contribution in [-0.4, -0.2) is 65.4 Å². The smallest absolute Gasteiger partial charge is 0.219 e. The molecule has 3 saturated heterocycles. The summed E-state index contributed by atoms with van der Waals surface area (Å²) in [5, 5.41) is 4.43. The normalized spacial score (nSPS) is 31.5. The largest absolute Gasteiger partial charge is 0.335 e. The summed E-state index contributed by atoms with van der Waals surface area (Å²) in [5.74, 6) is 0.951. The number of carbonyl (C=O) groups is 1. The predicted octanol–water partition coefficient (Wildman–Crippen LogP) is 2.66. The van der Waals surface area contributed by atoms with Gasteiger partial charge in [0, 0.05) is 45.2 Å². The Morgan fingerprint density at radius 1 is 1.25 bits per heavy atom. The number of thiophene rings is 1. The minimum Gasteiger partial charge on any atom is -0.335 e. The molecular weight excluding hydrogens is 318 g/mol. The van der Waals surface area contributed by atoms with Gasteiger partial charge in [0.15, 0.2) is 0 Å². The number of hydrogen-bond acceptors (Lipinski definition) is 4. The maximum atomic E-state index is 12.3. The van der Waals surface area contributed by atoms with Crippen molar-refractivity contribution in [3.63, 3.8) is 0 Å². The van der Waals surface area contributed by atoms with Crippen molar-refractivity contribution < 1.29 is 4.79 Å². The van der Waals surface area contributed by atoms with Crippen LogP contribution in [0.1, 0.15) is 38.2 Å². The summed E-state index contributed by atoms with van der Waals surface area (Å²) in [6, 6.07) is 3.16. The predicted molar refractivity (Wildman–Crippen MR) is 98.1 cm³/mol. The van der Waals surface area contributed by atoms with E-state index in [1.54, 1.807) is 18.3 Å². The van der Waals surface area contributed by atoms with Gasteiger partial charge in [-0.25, -0.2) is 0 Å². The van der Waals surface area contributed by atoms with Crippen molar-refractivity contribution in [3.8, 4) is 0 Å². The Morgan fingerprint density at radius 2 is 2.08 bits per heavy atom. The van der Waals surface area contributed by atoms with Crippen LogP contribution in [0.2, 0.25) is 0 Å². The van der Waals surface area contributed by atoms with Crippen molar-refractivity contribution in [3.05, 3.63) is 22.4 Å². The van der Waals surface area contributed by atoms with Gasteiger partial charge in [0.05, 0.1) is 0 Å². The number of piperidine rings is 1. The first-order valence-electron chi connectivity index (χ1n) is 9.45. The van der Waals surface area contributed by atoms with Crippen LogP contribution in [0.4, 0.5) is 0 Å². The van der Waals surface area contributed by atoms with Gasteiger partial charge >= 0.3 is 0 Å². The Hall–Kier alpha value is -0.910. The second kappa shape index (κ2) is 7.14. The van der Waals surface area contributed by atoms with Gasteiger partial charge in [-0.2, -0.15) is 11.3 Å². The zero-order chi connectivity index (χ0) is 16.5. The molecule has 0 radical (unpaired) electrons. The van der Waals surface area contributed by atoms with Crippen LogP contribution in [0.5, 0.6) is 0 Å². The summed E-state index contributed by atoms with van der Waals surface area (Å²) in [7, 11) is 0. The third-order valence-electron chi connectivity index (χ3n) is 6.12. The van der Waals surface area contributed by atoms with Crippen molar-refractivity contribution >= 4 is 17.2 Å². The van der Waals surface area contributed by atoms with Crippen LogP contribution < -0.4 is 0 Å². The van der Waals surface area contributed by atoms with Crippen LogP contribution in [0, 0.1) is 5.92 Å². The van der Waals surface area contributed by atoms with Gasteiger partial charge in [-0.3, -0.25) is 9.69 Å². The molecule has 1 unspecified atom stereocenters. The summed E-state index contributed by atoms with van der Waals surface area (Å²) < 4.78 is 0. The van der Waals surface area contributed by atoms with E-state index >= 15 is 0 Å². The molecule has 24 heavy (non-hydrogen) atoms. The lowest BCUT2D eigenvalue weighted by Crippen LogP contribution is -2.49. The molecule has 3 aliphatic heterocycles. The molecule has 3 atom stereocenters. The Kier molecular flexibility index (Phi) is 4.93. The molecule has 0 N–H and O–H groups in total. The lowest BCUT2D eigenvalue weighted by Gasteiger charge is -2.38. The zero-order valence-corrected chi connectivity index (χ0v) is 15.5. The minimum absolute atomic E-state index is 0.290. The van der Waals surface area contributed by atoms with E-state index in [1.807, 2.05) is 0 Å². The number of fused-ring (bicyclic) bond motifs is 1. The molecule has 4 nitrogen and oxygen atoms in total. The zero-order valence-electron chi connectivity index (χ0n) is 14.7. The summed E-state index contributed by atoms with van der Waals surface area (Å²) in [5.41, 5.74) is 1.44. The van der Waals surface area contributed by atoms with Crippen LogP contribution in [0.3, 0.4) is 0 Å². The van der Waals surface area contributed by atoms with E-state index in [-0.39, 0.29) is 5.91 Å². The molecule has 1 aromatic heterocycles. The fourth-order valence-corrected chi connectivity index (χ4v) is 5.79.